The molecule has 0 atom stereocenters. The number of benzene rings is 1. The molecule has 3 aromatic heterocycles. The number of aryl methyl sites for hydroxylation is 3. The monoisotopic (exact) mass is 399 g/mol. The lowest BCUT2D eigenvalue weighted by Gasteiger charge is -2.12. The van der Waals surface area contributed by atoms with Crippen LogP contribution in [0.3, 0.4) is 0 Å². The van der Waals surface area contributed by atoms with Crippen LogP contribution in [0.4, 0.5) is 0 Å². The molecule has 30 heavy (non-hydrogen) atoms. The molecule has 1 aromatic carbocycles. The van der Waals surface area contributed by atoms with Gasteiger partial charge in [-0.1, -0.05) is 12.1 Å². The number of imidazole rings is 1. The molecule has 4 aromatic rings. The molecule has 0 bridgehead atoms. The van der Waals surface area contributed by atoms with Gasteiger partial charge in [0.1, 0.15) is 11.6 Å². The van der Waals surface area contributed by atoms with Crippen molar-refractivity contribution in [1.29, 1.82) is 0 Å². The van der Waals surface area contributed by atoms with E-state index < -0.39 is 0 Å². The van der Waals surface area contributed by atoms with Crippen molar-refractivity contribution in [3.63, 3.8) is 0 Å². The van der Waals surface area contributed by atoms with Crippen LogP contribution in [0, 0.1) is 13.8 Å². The molecule has 0 fully saturated rings. The Morgan fingerprint density at radius 3 is 2.63 bits per heavy atom. The molecule has 0 aliphatic carbocycles. The topological polar surface area (TPSA) is 74.3 Å². The van der Waals surface area contributed by atoms with Gasteiger partial charge in [0.25, 0.3) is 0 Å². The van der Waals surface area contributed by atoms with Crippen molar-refractivity contribution in [3.05, 3.63) is 63.8 Å². The van der Waals surface area contributed by atoms with Crippen LogP contribution in [-0.4, -0.2) is 39.0 Å². The van der Waals surface area contributed by atoms with Gasteiger partial charge in [-0.25, -0.2) is 14.3 Å². The van der Waals surface area contributed by atoms with Gasteiger partial charge in [0.05, 0.1) is 36.4 Å². The average molecular weight is 399 g/mol. The van der Waals surface area contributed by atoms with Gasteiger partial charge >= 0.3 is 5.69 Å². The minimum Gasteiger partial charge on any atom is -0.496 e. The SMILES string of the molecule is COc1cc2ncc3c(c2cc1C1=CCN=C1)n(-c1ncc(C)cc1C)c(=O)n3C. The first-order valence-electron chi connectivity index (χ1n) is 9.71. The van der Waals surface area contributed by atoms with Crippen molar-refractivity contribution in [1.82, 2.24) is 19.1 Å². The fraction of sp³-hybridized carbons (Fsp3) is 0.217. The number of hydrogen-bond donors (Lipinski definition) is 0. The summed E-state index contributed by atoms with van der Waals surface area (Å²) in [4.78, 5) is 26.7. The van der Waals surface area contributed by atoms with Crippen LogP contribution in [0.2, 0.25) is 0 Å². The lowest BCUT2D eigenvalue weighted by molar-refractivity contribution is 0.414. The van der Waals surface area contributed by atoms with E-state index in [4.69, 9.17) is 4.74 Å². The Morgan fingerprint density at radius 1 is 1.10 bits per heavy atom. The van der Waals surface area contributed by atoms with Gasteiger partial charge in [0, 0.05) is 42.0 Å². The van der Waals surface area contributed by atoms with Crippen molar-refractivity contribution in [2.24, 2.45) is 12.0 Å². The third-order valence-electron chi connectivity index (χ3n) is 5.56. The molecule has 4 heterocycles. The molecule has 5 rings (SSSR count). The Bertz CT molecular complexity index is 1460. The normalized spacial score (nSPS) is 13.4. The van der Waals surface area contributed by atoms with E-state index >= 15 is 0 Å². The van der Waals surface area contributed by atoms with Crippen molar-refractivity contribution in [2.45, 2.75) is 13.8 Å². The summed E-state index contributed by atoms with van der Waals surface area (Å²) in [6.07, 6.45) is 7.42. The summed E-state index contributed by atoms with van der Waals surface area (Å²) < 4.78 is 8.92. The number of aliphatic imine (C=N–C) groups is 1. The molecule has 0 unspecified atom stereocenters. The van der Waals surface area contributed by atoms with Gasteiger partial charge in [-0.15, -0.1) is 0 Å². The highest BCUT2D eigenvalue weighted by atomic mass is 16.5. The van der Waals surface area contributed by atoms with Crippen LogP contribution in [-0.2, 0) is 7.05 Å². The molecular weight excluding hydrogens is 378 g/mol. The van der Waals surface area contributed by atoms with Crippen molar-refractivity contribution in [2.75, 3.05) is 13.7 Å². The maximum absolute atomic E-state index is 13.2. The molecule has 7 heteroatoms. The zero-order chi connectivity index (χ0) is 21.0. The van der Waals surface area contributed by atoms with E-state index in [1.807, 2.05) is 38.3 Å². The first-order valence-corrected chi connectivity index (χ1v) is 9.71. The number of aromatic nitrogens is 4. The van der Waals surface area contributed by atoms with E-state index in [2.05, 4.69) is 21.0 Å². The summed E-state index contributed by atoms with van der Waals surface area (Å²) in [7, 11) is 3.41. The third-order valence-corrected chi connectivity index (χ3v) is 5.56. The summed E-state index contributed by atoms with van der Waals surface area (Å²) in [6.45, 7) is 4.62. The summed E-state index contributed by atoms with van der Waals surface area (Å²) >= 11 is 0. The smallest absolute Gasteiger partial charge is 0.334 e. The minimum atomic E-state index is -0.155. The van der Waals surface area contributed by atoms with E-state index in [-0.39, 0.29) is 5.69 Å². The number of allylic oxidation sites excluding steroid dienone is 1. The Balaban J connectivity index is 1.94. The van der Waals surface area contributed by atoms with Gasteiger partial charge in [0.2, 0.25) is 0 Å². The number of pyridine rings is 2. The fourth-order valence-electron chi connectivity index (χ4n) is 4.09. The number of fused-ring (bicyclic) bond motifs is 3. The fourth-order valence-corrected chi connectivity index (χ4v) is 4.09. The van der Waals surface area contributed by atoms with E-state index in [0.717, 1.165) is 49.9 Å². The summed E-state index contributed by atoms with van der Waals surface area (Å²) in [5.41, 5.74) is 6.05. The molecule has 1 aliphatic rings. The van der Waals surface area contributed by atoms with Crippen LogP contribution >= 0.6 is 0 Å². The zero-order valence-corrected chi connectivity index (χ0v) is 17.3. The molecule has 0 saturated heterocycles. The van der Waals surface area contributed by atoms with E-state index in [1.54, 1.807) is 35.7 Å². The maximum Gasteiger partial charge on any atom is 0.334 e. The second-order valence-corrected chi connectivity index (χ2v) is 7.55. The quantitative estimate of drug-likeness (QED) is 0.529. The lowest BCUT2D eigenvalue weighted by atomic mass is 10.0. The van der Waals surface area contributed by atoms with Gasteiger partial charge in [-0.3, -0.25) is 14.5 Å². The van der Waals surface area contributed by atoms with Crippen molar-refractivity contribution in [3.8, 4) is 11.6 Å². The number of rotatable bonds is 3. The summed E-state index contributed by atoms with van der Waals surface area (Å²) in [6, 6.07) is 5.98. The Kier molecular flexibility index (Phi) is 4.06. The van der Waals surface area contributed by atoms with Crippen molar-refractivity contribution < 1.29 is 4.74 Å². The largest absolute Gasteiger partial charge is 0.496 e. The molecule has 0 amide bonds. The number of hydrogen-bond acceptors (Lipinski definition) is 5. The van der Waals surface area contributed by atoms with Gasteiger partial charge in [-0.2, -0.15) is 0 Å². The predicted molar refractivity (Wildman–Crippen MR) is 119 cm³/mol. The standard InChI is InChI=1S/C23H21N5O2/c1-13-7-14(2)22(26-10-13)28-21-17-8-16(15-5-6-24-11-15)20(30-4)9-18(17)25-12-19(21)27(3)23(28)29/h5,7-12H,6H2,1-4H3. The number of nitrogens with zero attached hydrogens (tertiary/aromatic N) is 5. The maximum atomic E-state index is 13.2. The third kappa shape index (κ3) is 2.58. The van der Waals surface area contributed by atoms with Gasteiger partial charge in [-0.05, 0) is 31.0 Å². The van der Waals surface area contributed by atoms with E-state index in [1.165, 1.54) is 0 Å². The first-order chi connectivity index (χ1) is 14.5. The highest BCUT2D eigenvalue weighted by molar-refractivity contribution is 6.15. The molecule has 7 nitrogen and oxygen atoms in total. The summed E-state index contributed by atoms with van der Waals surface area (Å²) in [5, 5.41) is 0.865. The highest BCUT2D eigenvalue weighted by Gasteiger charge is 2.20. The second kappa shape index (κ2) is 6.66. The Labute approximate surface area is 173 Å². The highest BCUT2D eigenvalue weighted by Crippen LogP contribution is 2.34. The molecular formula is C23H21N5O2. The first kappa shape index (κ1) is 18.3. The van der Waals surface area contributed by atoms with E-state index in [9.17, 15) is 4.79 Å². The van der Waals surface area contributed by atoms with Crippen LogP contribution in [0.25, 0.3) is 33.3 Å². The predicted octanol–water partition coefficient (Wildman–Crippen LogP) is 3.37. The molecule has 0 spiro atoms. The van der Waals surface area contributed by atoms with Crippen LogP contribution in [0.5, 0.6) is 5.75 Å². The minimum absolute atomic E-state index is 0.155. The second-order valence-electron chi connectivity index (χ2n) is 7.55. The number of ether oxygens (including phenoxy) is 1. The molecule has 0 saturated carbocycles. The van der Waals surface area contributed by atoms with Crippen LogP contribution < -0.4 is 10.4 Å². The zero-order valence-electron chi connectivity index (χ0n) is 17.3. The van der Waals surface area contributed by atoms with E-state index in [0.29, 0.717) is 12.4 Å². The van der Waals surface area contributed by atoms with Crippen LogP contribution in [0.1, 0.15) is 16.7 Å². The molecule has 0 radical (unpaired) electrons. The Hall–Kier alpha value is -3.74. The van der Waals surface area contributed by atoms with Gasteiger partial charge < -0.3 is 4.74 Å². The molecule has 150 valence electrons. The number of methoxy groups -OCH3 is 1. The Morgan fingerprint density at radius 2 is 1.93 bits per heavy atom. The van der Waals surface area contributed by atoms with Crippen LogP contribution in [0.15, 0.2) is 46.5 Å². The van der Waals surface area contributed by atoms with Crippen molar-refractivity contribution >= 4 is 33.7 Å². The molecule has 1 aliphatic heterocycles. The summed E-state index contributed by atoms with van der Waals surface area (Å²) in [5.74, 6) is 1.35. The lowest BCUT2D eigenvalue weighted by Crippen LogP contribution is -2.22. The van der Waals surface area contributed by atoms with Gasteiger partial charge in [0.15, 0.2) is 0 Å². The molecule has 0 N–H and O–H groups in total. The average Bonchev–Trinajstić information content (AvgIpc) is 3.35.